The fraction of sp³-hybridized carbons (Fsp3) is 1.00. The molecule has 0 atom stereocenters. The van der Waals surface area contributed by atoms with Crippen LogP contribution < -0.4 is 0 Å². The fourth-order valence-electron chi connectivity index (χ4n) is 1.76. The lowest BCUT2D eigenvalue weighted by atomic mass is 9.98. The summed E-state index contributed by atoms with van der Waals surface area (Å²) in [6.07, 6.45) is -10.4. The Labute approximate surface area is 140 Å². The van der Waals surface area contributed by atoms with E-state index in [4.69, 9.17) is 4.55 Å². The van der Waals surface area contributed by atoms with Gasteiger partial charge in [0.2, 0.25) is 0 Å². The van der Waals surface area contributed by atoms with Crippen LogP contribution in [0.2, 0.25) is 0 Å². The molecule has 26 heavy (non-hydrogen) atoms. The van der Waals surface area contributed by atoms with Gasteiger partial charge in [0.25, 0.3) is 0 Å². The van der Waals surface area contributed by atoms with E-state index in [1.165, 1.54) is 0 Å². The van der Waals surface area contributed by atoms with Crippen molar-refractivity contribution in [2.24, 2.45) is 0 Å². The molecule has 0 heterocycles. The van der Waals surface area contributed by atoms with Crippen LogP contribution >= 0.6 is 0 Å². The highest BCUT2D eigenvalue weighted by atomic mass is 32.2. The third kappa shape index (κ3) is 5.33. The number of halogens is 11. The minimum absolute atomic E-state index is 0.376. The Hall–Kier alpha value is -0.860. The molecule has 0 aliphatic rings. The molecule has 1 N–H and O–H groups in total. The summed E-state index contributed by atoms with van der Waals surface area (Å²) >= 11 is 0. The Bertz CT molecular complexity index is 568. The van der Waals surface area contributed by atoms with E-state index in [2.05, 4.69) is 0 Å². The Kier molecular flexibility index (Phi) is 7.38. The summed E-state index contributed by atoms with van der Waals surface area (Å²) in [6, 6.07) is 0. The summed E-state index contributed by atoms with van der Waals surface area (Å²) < 4.78 is 169. The van der Waals surface area contributed by atoms with Gasteiger partial charge in [0, 0.05) is 12.8 Å². The maximum atomic E-state index is 13.3. The van der Waals surface area contributed by atoms with E-state index in [0.717, 1.165) is 0 Å². The van der Waals surface area contributed by atoms with Crippen molar-refractivity contribution < 1.29 is 61.3 Å². The standard InChI is InChI=1S/C11H13F11O3S/c12-7(13,5-3-1-2-4-6-8(14,15)16)9(17,18)10(19,20)11(21,22)26(23,24)25/h1-6H2,(H,23,24,25). The van der Waals surface area contributed by atoms with Crippen molar-refractivity contribution in [2.75, 3.05) is 0 Å². The van der Waals surface area contributed by atoms with Crippen LogP contribution in [0.15, 0.2) is 0 Å². The molecule has 0 bridgehead atoms. The van der Waals surface area contributed by atoms with Crippen LogP contribution in [-0.2, 0) is 10.1 Å². The molecular weight excluding hydrogens is 421 g/mol. The minimum Gasteiger partial charge on any atom is -0.281 e. The molecule has 3 nitrogen and oxygen atoms in total. The summed E-state index contributed by atoms with van der Waals surface area (Å²) in [5.41, 5.74) is 0. The Balaban J connectivity index is 5.04. The second-order valence-electron chi connectivity index (χ2n) is 5.37. The number of unbranched alkanes of at least 4 members (excludes halogenated alkanes) is 3. The lowest BCUT2D eigenvalue weighted by Gasteiger charge is -2.35. The van der Waals surface area contributed by atoms with Crippen molar-refractivity contribution in [1.29, 1.82) is 0 Å². The van der Waals surface area contributed by atoms with Gasteiger partial charge in [-0.25, -0.2) is 0 Å². The van der Waals surface area contributed by atoms with Crippen LogP contribution in [0.3, 0.4) is 0 Å². The van der Waals surface area contributed by atoms with Crippen molar-refractivity contribution in [1.82, 2.24) is 0 Å². The molecule has 0 amide bonds. The van der Waals surface area contributed by atoms with Crippen molar-refractivity contribution in [2.45, 2.75) is 67.7 Å². The first-order valence-corrected chi connectivity index (χ1v) is 8.20. The van der Waals surface area contributed by atoms with E-state index in [-0.39, 0.29) is 6.42 Å². The van der Waals surface area contributed by atoms with Crippen LogP contribution in [0.5, 0.6) is 0 Å². The highest BCUT2D eigenvalue weighted by molar-refractivity contribution is 7.87. The topological polar surface area (TPSA) is 54.4 Å². The number of hydrogen-bond donors (Lipinski definition) is 1. The molecule has 0 spiro atoms. The molecule has 0 saturated heterocycles. The van der Waals surface area contributed by atoms with Gasteiger partial charge >= 0.3 is 39.3 Å². The van der Waals surface area contributed by atoms with Gasteiger partial charge < -0.3 is 0 Å². The molecule has 0 unspecified atom stereocenters. The fourth-order valence-corrected chi connectivity index (χ4v) is 2.21. The number of hydrogen-bond acceptors (Lipinski definition) is 2. The molecule has 0 aromatic heterocycles. The molecule has 0 saturated carbocycles. The summed E-state index contributed by atoms with van der Waals surface area (Å²) in [6.45, 7) is 0. The highest BCUT2D eigenvalue weighted by Crippen LogP contribution is 2.55. The zero-order valence-corrected chi connectivity index (χ0v) is 13.4. The Morgan fingerprint density at radius 1 is 0.615 bits per heavy atom. The van der Waals surface area contributed by atoms with Crippen LogP contribution in [0.4, 0.5) is 48.3 Å². The van der Waals surface area contributed by atoms with Crippen LogP contribution in [0, 0.1) is 0 Å². The first-order chi connectivity index (χ1) is 11.2. The maximum Gasteiger partial charge on any atom is 0.438 e. The summed E-state index contributed by atoms with van der Waals surface area (Å²) in [5, 5.41) is -6.90. The first kappa shape index (κ1) is 25.1. The van der Waals surface area contributed by atoms with Crippen LogP contribution in [-0.4, -0.2) is 42.2 Å². The lowest BCUT2D eigenvalue weighted by Crippen LogP contribution is -2.64. The molecule has 0 aliphatic heterocycles. The first-order valence-electron chi connectivity index (χ1n) is 6.76. The molecular formula is C11H13F11O3S. The Morgan fingerprint density at radius 2 is 1.00 bits per heavy atom. The van der Waals surface area contributed by atoms with E-state index in [1.54, 1.807) is 0 Å². The Morgan fingerprint density at radius 3 is 1.35 bits per heavy atom. The molecule has 0 rings (SSSR count). The lowest BCUT2D eigenvalue weighted by molar-refractivity contribution is -0.349. The average molecular weight is 434 g/mol. The van der Waals surface area contributed by atoms with Gasteiger partial charge in [-0.15, -0.1) is 0 Å². The molecule has 0 fully saturated rings. The summed E-state index contributed by atoms with van der Waals surface area (Å²) in [5.74, 6) is -19.9. The number of alkyl halides is 11. The third-order valence-corrected chi connectivity index (χ3v) is 4.15. The van der Waals surface area contributed by atoms with E-state index in [1.807, 2.05) is 0 Å². The maximum absolute atomic E-state index is 13.3. The summed E-state index contributed by atoms with van der Waals surface area (Å²) in [7, 11) is -7.15. The predicted molar refractivity (Wildman–Crippen MR) is 65.1 cm³/mol. The van der Waals surface area contributed by atoms with Gasteiger partial charge in [-0.1, -0.05) is 12.8 Å². The normalized spacial score (nSPS) is 15.4. The van der Waals surface area contributed by atoms with Gasteiger partial charge in [-0.05, 0) is 12.8 Å². The molecule has 0 radical (unpaired) electrons. The highest BCUT2D eigenvalue weighted by Gasteiger charge is 2.84. The van der Waals surface area contributed by atoms with Gasteiger partial charge in [-0.3, -0.25) is 4.55 Å². The average Bonchev–Trinajstić information content (AvgIpc) is 2.39. The SMILES string of the molecule is O=S(=O)(O)C(F)(F)C(F)(F)C(F)(F)C(F)(F)CCCCCCC(F)(F)F. The molecule has 15 heteroatoms. The molecule has 0 aromatic carbocycles. The van der Waals surface area contributed by atoms with Crippen LogP contribution in [0.25, 0.3) is 0 Å². The largest absolute Gasteiger partial charge is 0.438 e. The zero-order chi connectivity index (χ0) is 21.2. The third-order valence-electron chi connectivity index (χ3n) is 3.24. The van der Waals surface area contributed by atoms with E-state index in [0.29, 0.717) is 0 Å². The van der Waals surface area contributed by atoms with Crippen molar-refractivity contribution in [3.63, 3.8) is 0 Å². The molecule has 0 aromatic rings. The van der Waals surface area contributed by atoms with E-state index >= 15 is 0 Å². The van der Waals surface area contributed by atoms with Gasteiger partial charge in [0.1, 0.15) is 0 Å². The quantitative estimate of drug-likeness (QED) is 0.289. The minimum atomic E-state index is -7.16. The number of rotatable bonds is 10. The van der Waals surface area contributed by atoms with Crippen molar-refractivity contribution in [3.8, 4) is 0 Å². The van der Waals surface area contributed by atoms with Crippen LogP contribution in [0.1, 0.15) is 38.5 Å². The van der Waals surface area contributed by atoms with Gasteiger partial charge in [-0.2, -0.15) is 56.7 Å². The van der Waals surface area contributed by atoms with E-state index < -0.39 is 71.4 Å². The van der Waals surface area contributed by atoms with Crippen molar-refractivity contribution in [3.05, 3.63) is 0 Å². The van der Waals surface area contributed by atoms with E-state index in [9.17, 15) is 56.7 Å². The second kappa shape index (κ2) is 7.64. The molecule has 0 aliphatic carbocycles. The predicted octanol–water partition coefficient (Wildman–Crippen LogP) is 5.28. The summed E-state index contributed by atoms with van der Waals surface area (Å²) in [4.78, 5) is 0. The smallest absolute Gasteiger partial charge is 0.281 e. The monoisotopic (exact) mass is 434 g/mol. The van der Waals surface area contributed by atoms with Gasteiger partial charge in [0.05, 0.1) is 0 Å². The zero-order valence-electron chi connectivity index (χ0n) is 12.6. The van der Waals surface area contributed by atoms with Crippen molar-refractivity contribution >= 4 is 10.1 Å². The molecule has 158 valence electrons. The second-order valence-corrected chi connectivity index (χ2v) is 6.84. The van der Waals surface area contributed by atoms with Gasteiger partial charge in [0.15, 0.2) is 0 Å².